The first-order chi connectivity index (χ1) is 7.42. The standard InChI is InChI=1S/C14H19N.ClH/c1-2-5-11(6-3-1)9-13-10-12-7-4-8-14(12)15-13;/h1-3,5-6,12-15H,4,7-10H2;1H. The lowest BCUT2D eigenvalue weighted by molar-refractivity contribution is 0.515. The fraction of sp³-hybridized carbons (Fsp3) is 0.571. The van der Waals surface area contributed by atoms with Gasteiger partial charge in [0, 0.05) is 12.1 Å². The van der Waals surface area contributed by atoms with E-state index in [1.165, 1.54) is 37.7 Å². The summed E-state index contributed by atoms with van der Waals surface area (Å²) in [5.41, 5.74) is 1.48. The molecule has 1 saturated heterocycles. The summed E-state index contributed by atoms with van der Waals surface area (Å²) < 4.78 is 0. The van der Waals surface area contributed by atoms with Crippen LogP contribution in [0.25, 0.3) is 0 Å². The van der Waals surface area contributed by atoms with Gasteiger partial charge in [-0.15, -0.1) is 12.4 Å². The molecule has 3 rings (SSSR count). The molecule has 88 valence electrons. The van der Waals surface area contributed by atoms with Crippen LogP contribution >= 0.6 is 12.4 Å². The lowest BCUT2D eigenvalue weighted by Crippen LogP contribution is -2.30. The highest BCUT2D eigenvalue weighted by molar-refractivity contribution is 5.85. The molecule has 1 heterocycles. The van der Waals surface area contributed by atoms with Crippen molar-refractivity contribution in [3.63, 3.8) is 0 Å². The average Bonchev–Trinajstić information content (AvgIpc) is 2.79. The molecule has 2 aliphatic rings. The summed E-state index contributed by atoms with van der Waals surface area (Å²) in [6, 6.07) is 12.5. The van der Waals surface area contributed by atoms with Gasteiger partial charge in [0.05, 0.1) is 0 Å². The maximum absolute atomic E-state index is 3.80. The first kappa shape index (κ1) is 11.9. The number of hydrogen-bond donors (Lipinski definition) is 1. The molecule has 1 N–H and O–H groups in total. The Bertz CT molecular complexity index is 313. The Labute approximate surface area is 104 Å². The van der Waals surface area contributed by atoms with Gasteiger partial charge in [0.1, 0.15) is 0 Å². The van der Waals surface area contributed by atoms with Gasteiger partial charge in [0.15, 0.2) is 0 Å². The zero-order valence-electron chi connectivity index (χ0n) is 9.56. The van der Waals surface area contributed by atoms with Gasteiger partial charge < -0.3 is 5.32 Å². The first-order valence-electron chi connectivity index (χ1n) is 6.22. The predicted octanol–water partition coefficient (Wildman–Crippen LogP) is 3.18. The van der Waals surface area contributed by atoms with Crippen molar-refractivity contribution >= 4 is 12.4 Å². The summed E-state index contributed by atoms with van der Waals surface area (Å²) in [7, 11) is 0. The predicted molar refractivity (Wildman–Crippen MR) is 70.1 cm³/mol. The molecule has 1 aromatic rings. The van der Waals surface area contributed by atoms with Crippen molar-refractivity contribution in [3.8, 4) is 0 Å². The second kappa shape index (κ2) is 5.20. The van der Waals surface area contributed by atoms with Gasteiger partial charge >= 0.3 is 0 Å². The molecular weight excluding hydrogens is 218 g/mol. The van der Waals surface area contributed by atoms with Gasteiger partial charge in [-0.1, -0.05) is 36.8 Å². The van der Waals surface area contributed by atoms with Gasteiger partial charge in [-0.3, -0.25) is 0 Å². The quantitative estimate of drug-likeness (QED) is 0.833. The molecule has 1 nitrogen and oxygen atoms in total. The van der Waals surface area contributed by atoms with Crippen LogP contribution in [0.4, 0.5) is 0 Å². The second-order valence-corrected chi connectivity index (χ2v) is 5.09. The van der Waals surface area contributed by atoms with Crippen molar-refractivity contribution in [3.05, 3.63) is 35.9 Å². The van der Waals surface area contributed by atoms with Crippen LogP contribution in [-0.2, 0) is 6.42 Å². The molecule has 0 aromatic heterocycles. The summed E-state index contributed by atoms with van der Waals surface area (Å²) in [6.45, 7) is 0. The first-order valence-corrected chi connectivity index (χ1v) is 6.22. The zero-order chi connectivity index (χ0) is 10.1. The molecule has 1 aliphatic heterocycles. The van der Waals surface area contributed by atoms with E-state index in [1.807, 2.05) is 0 Å². The molecule has 1 aliphatic carbocycles. The Kier molecular flexibility index (Phi) is 3.88. The molecule has 1 aromatic carbocycles. The van der Waals surface area contributed by atoms with Crippen LogP contribution < -0.4 is 5.32 Å². The van der Waals surface area contributed by atoms with E-state index in [0.717, 1.165) is 18.0 Å². The van der Waals surface area contributed by atoms with Gasteiger partial charge in [-0.05, 0) is 37.2 Å². The van der Waals surface area contributed by atoms with Crippen LogP contribution in [-0.4, -0.2) is 12.1 Å². The number of nitrogens with one attached hydrogen (secondary N) is 1. The lowest BCUT2D eigenvalue weighted by atomic mass is 9.98. The smallest absolute Gasteiger partial charge is 0.0113 e. The summed E-state index contributed by atoms with van der Waals surface area (Å²) in [5, 5.41) is 3.80. The minimum Gasteiger partial charge on any atom is -0.311 e. The van der Waals surface area contributed by atoms with Crippen molar-refractivity contribution in [1.29, 1.82) is 0 Å². The van der Waals surface area contributed by atoms with E-state index in [2.05, 4.69) is 35.6 Å². The van der Waals surface area contributed by atoms with Crippen LogP contribution in [0.2, 0.25) is 0 Å². The molecule has 2 fully saturated rings. The number of benzene rings is 1. The van der Waals surface area contributed by atoms with E-state index in [9.17, 15) is 0 Å². The van der Waals surface area contributed by atoms with E-state index in [1.54, 1.807) is 0 Å². The Balaban J connectivity index is 0.000000963. The number of fused-ring (bicyclic) bond motifs is 1. The summed E-state index contributed by atoms with van der Waals surface area (Å²) in [5.74, 6) is 0.985. The third kappa shape index (κ3) is 2.41. The molecular formula is C14H20ClN. The average molecular weight is 238 g/mol. The lowest BCUT2D eigenvalue weighted by Gasteiger charge is -2.12. The van der Waals surface area contributed by atoms with Gasteiger partial charge in [0.25, 0.3) is 0 Å². The molecule has 3 unspecified atom stereocenters. The zero-order valence-corrected chi connectivity index (χ0v) is 10.4. The van der Waals surface area contributed by atoms with Gasteiger partial charge in [-0.25, -0.2) is 0 Å². The number of rotatable bonds is 2. The highest BCUT2D eigenvalue weighted by atomic mass is 35.5. The second-order valence-electron chi connectivity index (χ2n) is 5.09. The molecule has 0 radical (unpaired) electrons. The Morgan fingerprint density at radius 2 is 1.94 bits per heavy atom. The van der Waals surface area contributed by atoms with Crippen LogP contribution in [0, 0.1) is 5.92 Å². The molecule has 0 bridgehead atoms. The minimum atomic E-state index is 0. The topological polar surface area (TPSA) is 12.0 Å². The Hall–Kier alpha value is -0.530. The van der Waals surface area contributed by atoms with Crippen LogP contribution in [0.15, 0.2) is 30.3 Å². The van der Waals surface area contributed by atoms with Crippen molar-refractivity contribution in [2.75, 3.05) is 0 Å². The van der Waals surface area contributed by atoms with Crippen molar-refractivity contribution in [2.45, 2.75) is 44.2 Å². The van der Waals surface area contributed by atoms with Gasteiger partial charge in [-0.2, -0.15) is 0 Å². The summed E-state index contributed by atoms with van der Waals surface area (Å²) in [6.07, 6.45) is 6.94. The number of halogens is 1. The van der Waals surface area contributed by atoms with Crippen molar-refractivity contribution < 1.29 is 0 Å². The fourth-order valence-electron chi connectivity index (χ4n) is 3.32. The third-order valence-corrected chi connectivity index (χ3v) is 4.02. The van der Waals surface area contributed by atoms with Crippen molar-refractivity contribution in [2.24, 2.45) is 5.92 Å². The highest BCUT2D eigenvalue weighted by Crippen LogP contribution is 2.35. The van der Waals surface area contributed by atoms with Crippen LogP contribution in [0.5, 0.6) is 0 Å². The largest absolute Gasteiger partial charge is 0.311 e. The molecule has 0 amide bonds. The van der Waals surface area contributed by atoms with Gasteiger partial charge in [0.2, 0.25) is 0 Å². The maximum atomic E-state index is 3.80. The molecule has 0 spiro atoms. The van der Waals surface area contributed by atoms with E-state index in [0.29, 0.717) is 0 Å². The highest BCUT2D eigenvalue weighted by Gasteiger charge is 2.36. The third-order valence-electron chi connectivity index (χ3n) is 4.02. The van der Waals surface area contributed by atoms with E-state index in [-0.39, 0.29) is 12.4 Å². The molecule has 16 heavy (non-hydrogen) atoms. The summed E-state index contributed by atoms with van der Waals surface area (Å²) >= 11 is 0. The fourth-order valence-corrected chi connectivity index (χ4v) is 3.32. The Morgan fingerprint density at radius 3 is 2.69 bits per heavy atom. The maximum Gasteiger partial charge on any atom is 0.0113 e. The summed E-state index contributed by atoms with van der Waals surface area (Å²) in [4.78, 5) is 0. The number of hydrogen-bond acceptors (Lipinski definition) is 1. The SMILES string of the molecule is Cl.c1ccc(CC2CC3CCCC3N2)cc1. The minimum absolute atomic E-state index is 0. The van der Waals surface area contributed by atoms with Crippen LogP contribution in [0.3, 0.4) is 0 Å². The van der Waals surface area contributed by atoms with E-state index in [4.69, 9.17) is 0 Å². The van der Waals surface area contributed by atoms with Crippen molar-refractivity contribution in [1.82, 2.24) is 5.32 Å². The Morgan fingerprint density at radius 1 is 1.12 bits per heavy atom. The monoisotopic (exact) mass is 237 g/mol. The van der Waals surface area contributed by atoms with E-state index < -0.39 is 0 Å². The molecule has 1 saturated carbocycles. The van der Waals surface area contributed by atoms with E-state index >= 15 is 0 Å². The molecule has 2 heteroatoms. The van der Waals surface area contributed by atoms with Crippen LogP contribution in [0.1, 0.15) is 31.2 Å². The normalized spacial score (nSPS) is 32.1. The molecule has 3 atom stereocenters.